The number of phenolic OH excluding ortho intramolecular Hbond substituents is 1. The molecule has 0 spiro atoms. The molecule has 0 aliphatic carbocycles. The Morgan fingerprint density at radius 1 is 1.07 bits per heavy atom. The molecule has 12 heteroatoms. The van der Waals surface area contributed by atoms with E-state index >= 15 is 0 Å². The van der Waals surface area contributed by atoms with E-state index in [1.165, 1.54) is 37.3 Å². The molecular formula is C17H17AsF3NO7. The summed E-state index contributed by atoms with van der Waals surface area (Å²) in [6, 6.07) is 8.36. The third-order valence-corrected chi connectivity index (χ3v) is 5.40. The summed E-state index contributed by atoms with van der Waals surface area (Å²) in [7, 11) is 0. The fraction of sp³-hybridized carbons (Fsp3) is 0.176. The number of hydrogen-bond donors (Lipinski definition) is 5. The van der Waals surface area contributed by atoms with Crippen molar-refractivity contribution in [1.29, 1.82) is 0 Å². The number of carbonyl (C=O) groups is 2. The molecule has 0 radical (unpaired) electrons. The van der Waals surface area contributed by atoms with E-state index in [9.17, 15) is 31.6 Å². The van der Waals surface area contributed by atoms with Gasteiger partial charge in [0.25, 0.3) is 0 Å². The predicted octanol–water partition coefficient (Wildman–Crippen LogP) is 1.24. The molecule has 1 amide bonds. The summed E-state index contributed by atoms with van der Waals surface area (Å²) < 4.78 is 65.7. The van der Waals surface area contributed by atoms with Gasteiger partial charge >= 0.3 is 100 Å². The Kier molecular flexibility index (Phi) is 8.07. The fourth-order valence-corrected chi connectivity index (χ4v) is 3.75. The Hall–Kier alpha value is -2.75. The molecule has 0 aromatic heterocycles. The number of benzene rings is 2. The Balaban J connectivity index is 0.000000291. The summed E-state index contributed by atoms with van der Waals surface area (Å²) in [6.07, 6.45) is -5.11. The van der Waals surface area contributed by atoms with Crippen LogP contribution < -0.4 is 9.67 Å². The standard InChI is InChI=1S/C9H7F3O2.C8H10AsNO5/c10-9(11,12)7-4-2-1-3-6(7)5-8(13)14;1-5(11)10-8-6(9(13,14)15)3-2-4-7(8)12/h1-4H,5H2,(H,13,14);2-4,12H,1H3,(H,10,11)(H2,13,14,15). The SMILES string of the molecule is CC(=O)Nc1c(O)cccc1[As](=O)(O)O.O=C(O)Cc1ccccc1C(F)(F)F. The van der Waals surface area contributed by atoms with Gasteiger partial charge in [-0.15, -0.1) is 0 Å². The molecule has 2 aromatic rings. The number of rotatable bonds is 4. The van der Waals surface area contributed by atoms with Gasteiger partial charge in [-0.1, -0.05) is 18.2 Å². The van der Waals surface area contributed by atoms with Crippen LogP contribution in [-0.2, 0) is 25.9 Å². The van der Waals surface area contributed by atoms with E-state index in [0.717, 1.165) is 12.1 Å². The minimum Gasteiger partial charge on any atom is -0.481 e. The molecule has 2 rings (SSSR count). The number of anilines is 1. The van der Waals surface area contributed by atoms with Crippen LogP contribution in [0.1, 0.15) is 18.1 Å². The van der Waals surface area contributed by atoms with Crippen molar-refractivity contribution < 1.29 is 44.9 Å². The minimum atomic E-state index is -5.14. The van der Waals surface area contributed by atoms with E-state index in [-0.39, 0.29) is 21.4 Å². The number of halogens is 3. The summed E-state index contributed by atoms with van der Waals surface area (Å²) in [4.78, 5) is 21.1. The second-order valence-corrected chi connectivity index (χ2v) is 8.92. The van der Waals surface area contributed by atoms with Crippen LogP contribution in [0.4, 0.5) is 18.9 Å². The fourth-order valence-electron chi connectivity index (χ4n) is 2.19. The zero-order chi connectivity index (χ0) is 22.4. The average molecular weight is 479 g/mol. The van der Waals surface area contributed by atoms with Gasteiger partial charge in [-0.05, 0) is 11.6 Å². The van der Waals surface area contributed by atoms with E-state index in [1.807, 2.05) is 0 Å². The molecule has 29 heavy (non-hydrogen) atoms. The largest absolute Gasteiger partial charge is 0.481 e. The van der Waals surface area contributed by atoms with Crippen molar-refractivity contribution in [2.24, 2.45) is 0 Å². The molecule has 0 aliphatic heterocycles. The van der Waals surface area contributed by atoms with Gasteiger partial charge in [0.2, 0.25) is 0 Å². The summed E-state index contributed by atoms with van der Waals surface area (Å²) in [6.45, 7) is 1.18. The van der Waals surface area contributed by atoms with Crippen molar-refractivity contribution in [2.45, 2.75) is 19.5 Å². The van der Waals surface area contributed by atoms with Crippen LogP contribution in [0, 0.1) is 0 Å². The molecule has 0 fully saturated rings. The molecule has 158 valence electrons. The van der Waals surface area contributed by atoms with Crippen molar-refractivity contribution >= 4 is 36.1 Å². The van der Waals surface area contributed by atoms with Crippen LogP contribution in [-0.4, -0.2) is 44.5 Å². The van der Waals surface area contributed by atoms with Crippen LogP contribution in [0.25, 0.3) is 0 Å². The maximum atomic E-state index is 12.3. The van der Waals surface area contributed by atoms with Gasteiger partial charge in [-0.2, -0.15) is 13.2 Å². The zero-order valence-electron chi connectivity index (χ0n) is 14.8. The Labute approximate surface area is 165 Å². The number of aromatic hydroxyl groups is 1. The maximum absolute atomic E-state index is 12.3. The third-order valence-electron chi connectivity index (χ3n) is 3.30. The molecule has 0 atom stereocenters. The molecule has 2 aromatic carbocycles. The number of carboxylic acids is 1. The summed E-state index contributed by atoms with van der Waals surface area (Å²) in [5.74, 6) is -2.16. The summed E-state index contributed by atoms with van der Waals surface area (Å²) in [5, 5.41) is 19.9. The average Bonchev–Trinajstić information content (AvgIpc) is 2.55. The van der Waals surface area contributed by atoms with Gasteiger partial charge in [-0.3, -0.25) is 4.79 Å². The number of nitrogens with one attached hydrogen (secondary N) is 1. The van der Waals surface area contributed by atoms with Crippen LogP contribution >= 0.6 is 0 Å². The first-order valence-electron chi connectivity index (χ1n) is 7.76. The van der Waals surface area contributed by atoms with Gasteiger partial charge in [0, 0.05) is 0 Å². The molecule has 8 nitrogen and oxygen atoms in total. The Morgan fingerprint density at radius 3 is 2.14 bits per heavy atom. The van der Waals surface area contributed by atoms with E-state index in [0.29, 0.717) is 0 Å². The predicted molar refractivity (Wildman–Crippen MR) is 95.7 cm³/mol. The van der Waals surface area contributed by atoms with Gasteiger partial charge in [0.1, 0.15) is 0 Å². The van der Waals surface area contributed by atoms with Crippen molar-refractivity contribution in [3.63, 3.8) is 0 Å². The summed E-state index contributed by atoms with van der Waals surface area (Å²) >= 11 is -5.14. The third kappa shape index (κ3) is 7.65. The van der Waals surface area contributed by atoms with Gasteiger partial charge in [0.05, 0.1) is 12.0 Å². The molecule has 0 unspecified atom stereocenters. The number of para-hydroxylation sites is 1. The minimum absolute atomic E-state index is 0.215. The molecule has 0 heterocycles. The van der Waals surface area contributed by atoms with Crippen LogP contribution in [0.15, 0.2) is 42.5 Å². The molecule has 0 saturated heterocycles. The monoisotopic (exact) mass is 479 g/mol. The number of alkyl halides is 3. The molecule has 0 saturated carbocycles. The number of carboxylic acid groups (broad SMARTS) is 1. The Bertz CT molecular complexity index is 941. The van der Waals surface area contributed by atoms with E-state index in [2.05, 4.69) is 5.32 Å². The quantitative estimate of drug-likeness (QED) is 0.328. The number of amides is 1. The van der Waals surface area contributed by atoms with Crippen molar-refractivity contribution in [2.75, 3.05) is 5.32 Å². The topological polar surface area (TPSA) is 144 Å². The number of carbonyl (C=O) groups excluding carboxylic acids is 1. The van der Waals surface area contributed by atoms with Gasteiger partial charge in [-0.25, -0.2) is 0 Å². The molecule has 5 N–H and O–H groups in total. The normalized spacial score (nSPS) is 11.2. The number of hydrogen-bond acceptors (Lipinski definition) is 4. The first kappa shape index (κ1) is 24.3. The van der Waals surface area contributed by atoms with Crippen molar-refractivity contribution in [3.8, 4) is 5.75 Å². The van der Waals surface area contributed by atoms with E-state index in [4.69, 9.17) is 13.3 Å². The van der Waals surface area contributed by atoms with Crippen LogP contribution in [0.5, 0.6) is 5.75 Å². The Morgan fingerprint density at radius 2 is 1.66 bits per heavy atom. The van der Waals surface area contributed by atoms with Crippen LogP contribution in [0.3, 0.4) is 0 Å². The molecule has 0 aliphatic rings. The van der Waals surface area contributed by atoms with Crippen molar-refractivity contribution in [3.05, 3.63) is 53.6 Å². The van der Waals surface area contributed by atoms with Crippen molar-refractivity contribution in [1.82, 2.24) is 0 Å². The number of phenols is 1. The first-order chi connectivity index (χ1) is 13.2. The smallest absolute Gasteiger partial charge is 0.416 e. The van der Waals surface area contributed by atoms with Gasteiger partial charge in [0.15, 0.2) is 0 Å². The zero-order valence-corrected chi connectivity index (χ0v) is 16.7. The number of aliphatic carboxylic acids is 1. The maximum Gasteiger partial charge on any atom is 0.416 e. The van der Waals surface area contributed by atoms with E-state index < -0.39 is 44.2 Å². The first-order valence-corrected chi connectivity index (χ1v) is 11.1. The second-order valence-electron chi connectivity index (χ2n) is 5.62. The van der Waals surface area contributed by atoms with E-state index in [1.54, 1.807) is 0 Å². The second kappa shape index (κ2) is 9.64. The van der Waals surface area contributed by atoms with Gasteiger partial charge < -0.3 is 5.11 Å². The molecule has 0 bridgehead atoms. The van der Waals surface area contributed by atoms with Crippen LogP contribution in [0.2, 0.25) is 0 Å². The molecular weight excluding hydrogens is 462 g/mol. The summed E-state index contributed by atoms with van der Waals surface area (Å²) in [5.41, 5.74) is -1.33.